The Morgan fingerprint density at radius 1 is 0.864 bits per heavy atom. The number of carboxylic acids is 1. The third-order valence-corrected chi connectivity index (χ3v) is 2.73. The fourth-order valence-electron chi connectivity index (χ4n) is 1.68. The fourth-order valence-corrected chi connectivity index (χ4v) is 1.68. The Labute approximate surface area is 126 Å². The van der Waals surface area contributed by atoms with Crippen molar-refractivity contribution in [1.29, 1.82) is 0 Å². The third kappa shape index (κ3) is 4.52. The molecule has 1 N–H and O–H groups in total. The van der Waals surface area contributed by atoms with Crippen molar-refractivity contribution in [3.8, 4) is 17.2 Å². The maximum Gasteiger partial charge on any atom is 0.335 e. The van der Waals surface area contributed by atoms with Crippen LogP contribution in [0.1, 0.15) is 10.4 Å². The summed E-state index contributed by atoms with van der Waals surface area (Å²) < 4.78 is 15.6. The van der Waals surface area contributed by atoms with E-state index >= 15 is 0 Å². The smallest absolute Gasteiger partial charge is 0.335 e. The van der Waals surface area contributed by atoms with E-state index in [0.717, 1.165) is 0 Å². The van der Waals surface area contributed by atoms with Gasteiger partial charge in [-0.1, -0.05) is 0 Å². The third-order valence-electron chi connectivity index (χ3n) is 2.73. The predicted octanol–water partition coefficient (Wildman–Crippen LogP) is 2.38. The van der Waals surface area contributed by atoms with E-state index in [1.165, 1.54) is 12.1 Å². The van der Waals surface area contributed by atoms with Crippen LogP contribution < -0.4 is 14.2 Å². The first-order chi connectivity index (χ1) is 10.7. The van der Waals surface area contributed by atoms with Crippen molar-refractivity contribution >= 4 is 12.4 Å². The molecule has 0 spiro atoms. The van der Waals surface area contributed by atoms with Gasteiger partial charge in [0.1, 0.15) is 30.5 Å². The fraction of sp³-hybridized carbons (Fsp3) is 0.125. The Balaban J connectivity index is 1.74. The number of ether oxygens (including phenoxy) is 3. The average molecular weight is 302 g/mol. The molecule has 0 heterocycles. The maximum atomic E-state index is 10.7. The second-order valence-electron chi connectivity index (χ2n) is 4.21. The van der Waals surface area contributed by atoms with Crippen molar-refractivity contribution < 1.29 is 28.9 Å². The van der Waals surface area contributed by atoms with Crippen LogP contribution in [-0.2, 0) is 4.79 Å². The molecule has 0 saturated carbocycles. The van der Waals surface area contributed by atoms with E-state index in [0.29, 0.717) is 36.9 Å². The molecule has 0 bridgehead atoms. The van der Waals surface area contributed by atoms with Crippen LogP contribution in [0, 0.1) is 0 Å². The predicted molar refractivity (Wildman–Crippen MR) is 77.5 cm³/mol. The van der Waals surface area contributed by atoms with Gasteiger partial charge in [0.25, 0.3) is 6.47 Å². The van der Waals surface area contributed by atoms with Crippen LogP contribution in [-0.4, -0.2) is 30.8 Å². The van der Waals surface area contributed by atoms with E-state index < -0.39 is 5.97 Å². The van der Waals surface area contributed by atoms with Crippen LogP contribution in [0.2, 0.25) is 0 Å². The van der Waals surface area contributed by atoms with Crippen molar-refractivity contribution in [3.63, 3.8) is 0 Å². The number of carbonyl (C=O) groups is 2. The number of hydrogen-bond acceptors (Lipinski definition) is 5. The summed E-state index contributed by atoms with van der Waals surface area (Å²) in [6, 6.07) is 12.7. The zero-order valence-corrected chi connectivity index (χ0v) is 11.6. The second kappa shape index (κ2) is 7.68. The lowest BCUT2D eigenvalue weighted by Gasteiger charge is -2.09. The molecular formula is C16H14O6. The molecule has 0 fully saturated rings. The number of hydrogen-bond donors (Lipinski definition) is 1. The van der Waals surface area contributed by atoms with Gasteiger partial charge < -0.3 is 19.3 Å². The van der Waals surface area contributed by atoms with Crippen LogP contribution in [0.15, 0.2) is 48.5 Å². The average Bonchev–Trinajstić information content (AvgIpc) is 2.54. The molecule has 6 heteroatoms. The van der Waals surface area contributed by atoms with Crippen LogP contribution in [0.3, 0.4) is 0 Å². The maximum absolute atomic E-state index is 10.7. The highest BCUT2D eigenvalue weighted by atomic mass is 16.5. The Kier molecular flexibility index (Phi) is 5.37. The molecule has 2 aromatic rings. The first kappa shape index (κ1) is 15.4. The van der Waals surface area contributed by atoms with Gasteiger partial charge in [0.05, 0.1) is 5.56 Å². The lowest BCUT2D eigenvalue weighted by Crippen LogP contribution is -2.09. The molecule has 0 amide bonds. The second-order valence-corrected chi connectivity index (χ2v) is 4.21. The summed E-state index contributed by atoms with van der Waals surface area (Å²) in [5.41, 5.74) is 0.209. The summed E-state index contributed by atoms with van der Waals surface area (Å²) in [7, 11) is 0. The Morgan fingerprint density at radius 3 is 1.77 bits per heavy atom. The monoisotopic (exact) mass is 302 g/mol. The summed E-state index contributed by atoms with van der Waals surface area (Å²) in [6.07, 6.45) is 0. The molecule has 0 radical (unpaired) electrons. The van der Waals surface area contributed by atoms with Crippen LogP contribution in [0.25, 0.3) is 0 Å². The molecule has 0 aliphatic rings. The molecule has 0 atom stereocenters. The van der Waals surface area contributed by atoms with Gasteiger partial charge >= 0.3 is 5.97 Å². The van der Waals surface area contributed by atoms with Gasteiger partial charge in [-0.05, 0) is 48.5 Å². The van der Waals surface area contributed by atoms with Crippen LogP contribution in [0.4, 0.5) is 0 Å². The molecule has 6 nitrogen and oxygen atoms in total. The molecular weight excluding hydrogens is 288 g/mol. The molecule has 2 rings (SSSR count). The van der Waals surface area contributed by atoms with Crippen molar-refractivity contribution in [1.82, 2.24) is 0 Å². The van der Waals surface area contributed by atoms with E-state index in [1.54, 1.807) is 36.4 Å². The van der Waals surface area contributed by atoms with Gasteiger partial charge in [0.15, 0.2) is 0 Å². The van der Waals surface area contributed by atoms with Gasteiger partial charge in [-0.3, -0.25) is 4.79 Å². The number of carbonyl (C=O) groups excluding carboxylic acids is 1. The SMILES string of the molecule is O=COc1ccc(OCCOc2ccc(C(=O)O)cc2)cc1. The highest BCUT2D eigenvalue weighted by molar-refractivity contribution is 5.87. The zero-order valence-electron chi connectivity index (χ0n) is 11.6. The quantitative estimate of drug-likeness (QED) is 0.595. The number of rotatable bonds is 8. The largest absolute Gasteiger partial charge is 0.490 e. The van der Waals surface area contributed by atoms with Gasteiger partial charge in [-0.2, -0.15) is 0 Å². The van der Waals surface area contributed by atoms with Crippen molar-refractivity contribution in [2.24, 2.45) is 0 Å². The minimum atomic E-state index is -0.975. The van der Waals surface area contributed by atoms with E-state index in [9.17, 15) is 9.59 Å². The summed E-state index contributed by atoms with van der Waals surface area (Å²) >= 11 is 0. The Bertz CT molecular complexity index is 618. The normalized spacial score (nSPS) is 9.82. The summed E-state index contributed by atoms with van der Waals surface area (Å²) in [4.78, 5) is 20.9. The zero-order chi connectivity index (χ0) is 15.8. The van der Waals surface area contributed by atoms with E-state index in [1.807, 2.05) is 0 Å². The molecule has 0 aliphatic carbocycles. The first-order valence-corrected chi connectivity index (χ1v) is 6.48. The van der Waals surface area contributed by atoms with Crippen LogP contribution >= 0.6 is 0 Å². The standard InChI is InChI=1S/C16H14O6/c17-11-22-15-7-5-14(6-8-15)21-10-9-20-13-3-1-12(2-4-13)16(18)19/h1-8,11H,9-10H2,(H,18,19). The van der Waals surface area contributed by atoms with Crippen molar-refractivity contribution in [2.75, 3.05) is 13.2 Å². The molecule has 0 saturated heterocycles. The van der Waals surface area contributed by atoms with E-state index in [2.05, 4.69) is 4.74 Å². The minimum Gasteiger partial charge on any atom is -0.490 e. The van der Waals surface area contributed by atoms with Crippen LogP contribution in [0.5, 0.6) is 17.2 Å². The Morgan fingerprint density at radius 2 is 1.32 bits per heavy atom. The summed E-state index contributed by atoms with van der Waals surface area (Å²) in [5.74, 6) is 0.667. The summed E-state index contributed by atoms with van der Waals surface area (Å²) in [5, 5.41) is 8.78. The highest BCUT2D eigenvalue weighted by Gasteiger charge is 2.02. The lowest BCUT2D eigenvalue weighted by molar-refractivity contribution is -0.120. The van der Waals surface area contributed by atoms with Gasteiger partial charge in [-0.25, -0.2) is 4.79 Å². The van der Waals surface area contributed by atoms with Crippen molar-refractivity contribution in [3.05, 3.63) is 54.1 Å². The minimum absolute atomic E-state index is 0.209. The van der Waals surface area contributed by atoms with E-state index in [-0.39, 0.29) is 5.56 Å². The molecule has 22 heavy (non-hydrogen) atoms. The van der Waals surface area contributed by atoms with Gasteiger partial charge in [-0.15, -0.1) is 0 Å². The highest BCUT2D eigenvalue weighted by Crippen LogP contribution is 2.17. The molecule has 0 aromatic heterocycles. The Hall–Kier alpha value is -3.02. The van der Waals surface area contributed by atoms with Gasteiger partial charge in [0, 0.05) is 0 Å². The van der Waals surface area contributed by atoms with E-state index in [4.69, 9.17) is 14.6 Å². The number of carboxylic acid groups (broad SMARTS) is 1. The van der Waals surface area contributed by atoms with Crippen molar-refractivity contribution in [2.45, 2.75) is 0 Å². The molecule has 114 valence electrons. The van der Waals surface area contributed by atoms with Gasteiger partial charge in [0.2, 0.25) is 0 Å². The number of benzene rings is 2. The molecule has 0 aliphatic heterocycles. The summed E-state index contributed by atoms with van der Waals surface area (Å²) in [6.45, 7) is 1.01. The molecule has 0 unspecified atom stereocenters. The first-order valence-electron chi connectivity index (χ1n) is 6.48. The topological polar surface area (TPSA) is 82.1 Å². The number of aromatic carboxylic acids is 1. The lowest BCUT2D eigenvalue weighted by atomic mass is 10.2. The molecule has 2 aromatic carbocycles.